The molecule has 0 saturated carbocycles. The Morgan fingerprint density at radius 3 is 2.89 bits per heavy atom. The predicted octanol–water partition coefficient (Wildman–Crippen LogP) is 4.73. The summed E-state index contributed by atoms with van der Waals surface area (Å²) in [4.78, 5) is 20.3. The van der Waals surface area contributed by atoms with E-state index in [0.29, 0.717) is 33.4 Å². The van der Waals surface area contributed by atoms with E-state index in [1.54, 1.807) is 18.3 Å². The van der Waals surface area contributed by atoms with E-state index >= 15 is 0 Å². The van der Waals surface area contributed by atoms with Crippen molar-refractivity contribution < 1.29 is 9.50 Å². The SMILES string of the molecule is [C-]#[N+]c1cc(F)cc(Cl)c1-c1nc2ccnc(Nc3cc(CO)ncn3)c2s1. The van der Waals surface area contributed by atoms with Crippen molar-refractivity contribution in [3.05, 3.63) is 64.7 Å². The van der Waals surface area contributed by atoms with Crippen LogP contribution in [0.3, 0.4) is 0 Å². The maximum absolute atomic E-state index is 13.6. The van der Waals surface area contributed by atoms with Crippen LogP contribution in [0, 0.1) is 12.4 Å². The highest BCUT2D eigenvalue weighted by Gasteiger charge is 2.18. The van der Waals surface area contributed by atoms with E-state index in [1.165, 1.54) is 17.7 Å². The Labute approximate surface area is 167 Å². The zero-order valence-electron chi connectivity index (χ0n) is 14.0. The lowest BCUT2D eigenvalue weighted by atomic mass is 10.2. The summed E-state index contributed by atoms with van der Waals surface area (Å²) in [5.74, 6) is 0.399. The molecule has 0 aliphatic rings. The average Bonchev–Trinajstić information content (AvgIpc) is 3.12. The number of hydrogen-bond acceptors (Lipinski definition) is 7. The molecule has 3 aromatic heterocycles. The Morgan fingerprint density at radius 1 is 1.25 bits per heavy atom. The smallest absolute Gasteiger partial charge is 0.201 e. The zero-order valence-corrected chi connectivity index (χ0v) is 15.6. The molecular formula is C18H10ClFN6OS. The summed E-state index contributed by atoms with van der Waals surface area (Å²) in [6, 6.07) is 5.63. The number of fused-ring (bicyclic) bond motifs is 1. The van der Waals surface area contributed by atoms with Gasteiger partial charge in [0, 0.05) is 22.8 Å². The lowest BCUT2D eigenvalue weighted by molar-refractivity contribution is 0.276. The van der Waals surface area contributed by atoms with Gasteiger partial charge in [-0.2, -0.15) is 0 Å². The fraction of sp³-hybridized carbons (Fsp3) is 0.0556. The highest BCUT2D eigenvalue weighted by atomic mass is 35.5. The van der Waals surface area contributed by atoms with Crippen molar-refractivity contribution in [3.63, 3.8) is 0 Å². The van der Waals surface area contributed by atoms with Crippen LogP contribution in [-0.4, -0.2) is 25.0 Å². The minimum Gasteiger partial charge on any atom is -0.390 e. The molecule has 0 aliphatic heterocycles. The molecule has 0 aliphatic carbocycles. The molecule has 10 heteroatoms. The maximum atomic E-state index is 13.6. The summed E-state index contributed by atoms with van der Waals surface area (Å²) in [6.07, 6.45) is 2.93. The van der Waals surface area contributed by atoms with E-state index < -0.39 is 5.82 Å². The first kappa shape index (κ1) is 18.2. The number of nitrogens with zero attached hydrogens (tertiary/aromatic N) is 5. The van der Waals surface area contributed by atoms with E-state index in [9.17, 15) is 9.50 Å². The van der Waals surface area contributed by atoms with Crippen LogP contribution in [-0.2, 0) is 6.61 Å². The summed E-state index contributed by atoms with van der Waals surface area (Å²) >= 11 is 7.47. The summed E-state index contributed by atoms with van der Waals surface area (Å²) < 4.78 is 14.3. The third-order valence-corrected chi connectivity index (χ3v) is 5.20. The lowest BCUT2D eigenvalue weighted by Crippen LogP contribution is -1.99. The molecule has 28 heavy (non-hydrogen) atoms. The van der Waals surface area contributed by atoms with Gasteiger partial charge in [-0.15, -0.1) is 11.3 Å². The number of hydrogen-bond donors (Lipinski definition) is 2. The van der Waals surface area contributed by atoms with E-state index in [-0.39, 0.29) is 17.3 Å². The number of nitrogens with one attached hydrogen (secondary N) is 1. The molecular weight excluding hydrogens is 403 g/mol. The molecule has 4 rings (SSSR count). The molecule has 0 amide bonds. The summed E-state index contributed by atoms with van der Waals surface area (Å²) in [5, 5.41) is 12.9. The Morgan fingerprint density at radius 2 is 2.11 bits per heavy atom. The molecule has 0 bridgehead atoms. The Kier molecular flexibility index (Phi) is 4.83. The molecule has 0 atom stereocenters. The fourth-order valence-corrected chi connectivity index (χ4v) is 4.00. The monoisotopic (exact) mass is 412 g/mol. The van der Waals surface area contributed by atoms with Gasteiger partial charge in [0.15, 0.2) is 5.82 Å². The van der Waals surface area contributed by atoms with E-state index in [0.717, 1.165) is 16.8 Å². The molecule has 4 aromatic rings. The van der Waals surface area contributed by atoms with Gasteiger partial charge in [0.2, 0.25) is 5.69 Å². The second-order valence-corrected chi connectivity index (χ2v) is 7.00. The van der Waals surface area contributed by atoms with Crippen LogP contribution in [0.5, 0.6) is 0 Å². The highest BCUT2D eigenvalue weighted by molar-refractivity contribution is 7.22. The average molecular weight is 413 g/mol. The standard InChI is InChI=1S/C18H10ClFN6OS/c1-21-13-5-9(20)4-11(19)15(13)18-25-12-2-3-22-17(16(12)28-18)26-14-6-10(7-27)23-8-24-14/h2-6,8,27H,7H2,(H,22,23,24,26). The van der Waals surface area contributed by atoms with Crippen molar-refractivity contribution >= 4 is 50.5 Å². The van der Waals surface area contributed by atoms with Crippen LogP contribution < -0.4 is 5.32 Å². The van der Waals surface area contributed by atoms with Crippen LogP contribution in [0.1, 0.15) is 5.69 Å². The summed E-state index contributed by atoms with van der Waals surface area (Å²) in [5.41, 5.74) is 1.59. The second-order valence-electron chi connectivity index (χ2n) is 5.60. The highest BCUT2D eigenvalue weighted by Crippen LogP contribution is 2.42. The molecule has 0 fully saturated rings. The minimum absolute atomic E-state index is 0.0925. The van der Waals surface area contributed by atoms with Gasteiger partial charge in [-0.05, 0) is 18.2 Å². The zero-order chi connectivity index (χ0) is 19.7. The van der Waals surface area contributed by atoms with E-state index in [2.05, 4.69) is 30.1 Å². The number of thiazole rings is 1. The summed E-state index contributed by atoms with van der Waals surface area (Å²) in [6.45, 7) is 7.10. The van der Waals surface area contributed by atoms with Gasteiger partial charge in [-0.3, -0.25) is 0 Å². The Bertz CT molecular complexity index is 1240. The number of pyridine rings is 1. The van der Waals surface area contributed by atoms with Crippen molar-refractivity contribution in [2.75, 3.05) is 5.32 Å². The molecule has 0 spiro atoms. The number of anilines is 2. The van der Waals surface area contributed by atoms with Gasteiger partial charge in [-0.1, -0.05) is 11.6 Å². The molecule has 0 radical (unpaired) electrons. The molecule has 1 aromatic carbocycles. The molecule has 3 heterocycles. The molecule has 7 nitrogen and oxygen atoms in total. The normalized spacial score (nSPS) is 10.8. The van der Waals surface area contributed by atoms with Crippen LogP contribution >= 0.6 is 22.9 Å². The third kappa shape index (κ3) is 3.36. The van der Waals surface area contributed by atoms with Crippen molar-refractivity contribution in [3.8, 4) is 10.6 Å². The minimum atomic E-state index is -0.576. The number of rotatable bonds is 4. The Balaban J connectivity index is 1.81. The number of aromatic nitrogens is 4. The number of aliphatic hydroxyl groups is 1. The quantitative estimate of drug-likeness (QED) is 0.471. The first-order valence-corrected chi connectivity index (χ1v) is 9.09. The first-order chi connectivity index (χ1) is 13.6. The Hall–Kier alpha value is -3.19. The van der Waals surface area contributed by atoms with Gasteiger partial charge >= 0.3 is 0 Å². The topological polar surface area (TPSA) is 88.2 Å². The second kappa shape index (κ2) is 7.44. The summed E-state index contributed by atoms with van der Waals surface area (Å²) in [7, 11) is 0. The van der Waals surface area contributed by atoms with E-state index in [1.807, 2.05) is 0 Å². The lowest BCUT2D eigenvalue weighted by Gasteiger charge is -2.05. The molecule has 138 valence electrons. The van der Waals surface area contributed by atoms with E-state index in [4.69, 9.17) is 18.2 Å². The number of benzene rings is 1. The number of aliphatic hydroxyl groups excluding tert-OH is 1. The van der Waals surface area contributed by atoms with Crippen molar-refractivity contribution in [2.24, 2.45) is 0 Å². The van der Waals surface area contributed by atoms with Crippen LogP contribution in [0.15, 0.2) is 36.8 Å². The first-order valence-electron chi connectivity index (χ1n) is 7.90. The van der Waals surface area contributed by atoms with Gasteiger partial charge in [0.25, 0.3) is 0 Å². The predicted molar refractivity (Wildman–Crippen MR) is 105 cm³/mol. The largest absolute Gasteiger partial charge is 0.390 e. The van der Waals surface area contributed by atoms with Crippen LogP contribution in [0.25, 0.3) is 25.6 Å². The van der Waals surface area contributed by atoms with Crippen molar-refractivity contribution in [1.29, 1.82) is 0 Å². The molecule has 2 N–H and O–H groups in total. The number of halogens is 2. The van der Waals surface area contributed by atoms with Crippen molar-refractivity contribution in [1.82, 2.24) is 19.9 Å². The van der Waals surface area contributed by atoms with Gasteiger partial charge in [-0.25, -0.2) is 29.2 Å². The molecule has 0 unspecified atom stereocenters. The van der Waals surface area contributed by atoms with Crippen molar-refractivity contribution in [2.45, 2.75) is 6.61 Å². The van der Waals surface area contributed by atoms with Crippen LogP contribution in [0.4, 0.5) is 21.7 Å². The van der Waals surface area contributed by atoms with Gasteiger partial charge < -0.3 is 10.4 Å². The van der Waals surface area contributed by atoms with Crippen LogP contribution in [0.2, 0.25) is 5.02 Å². The molecule has 0 saturated heterocycles. The maximum Gasteiger partial charge on any atom is 0.201 e. The fourth-order valence-electron chi connectivity index (χ4n) is 2.59. The van der Waals surface area contributed by atoms with Gasteiger partial charge in [0.05, 0.1) is 29.1 Å². The third-order valence-electron chi connectivity index (χ3n) is 3.81. The van der Waals surface area contributed by atoms with Gasteiger partial charge in [0.1, 0.15) is 23.0 Å².